The van der Waals surface area contributed by atoms with Crippen molar-refractivity contribution in [2.75, 3.05) is 11.1 Å². The van der Waals surface area contributed by atoms with Gasteiger partial charge in [-0.2, -0.15) is 0 Å². The molecule has 8 heteroatoms. The highest BCUT2D eigenvalue weighted by molar-refractivity contribution is 8.01. The lowest BCUT2D eigenvalue weighted by Gasteiger charge is -2.18. The smallest absolute Gasteiger partial charge is 0.257 e. The molecule has 1 aromatic carbocycles. The van der Waals surface area contributed by atoms with Gasteiger partial charge in [0.1, 0.15) is 0 Å². The zero-order valence-corrected chi connectivity index (χ0v) is 18.1. The van der Waals surface area contributed by atoms with Crippen molar-refractivity contribution in [3.8, 4) is 0 Å². The molecule has 1 aliphatic carbocycles. The molecule has 0 atom stereocenters. The van der Waals surface area contributed by atoms with Gasteiger partial charge in [-0.05, 0) is 36.0 Å². The Morgan fingerprint density at radius 2 is 1.82 bits per heavy atom. The molecule has 28 heavy (non-hydrogen) atoms. The summed E-state index contributed by atoms with van der Waals surface area (Å²) in [6.45, 7) is 6.41. The molecule has 1 heterocycles. The molecule has 0 saturated heterocycles. The summed E-state index contributed by atoms with van der Waals surface area (Å²) >= 11 is 2.62. The van der Waals surface area contributed by atoms with E-state index in [1.807, 2.05) is 24.3 Å². The Bertz CT molecular complexity index is 821. The Labute approximate surface area is 173 Å². The van der Waals surface area contributed by atoms with Crippen molar-refractivity contribution >= 4 is 40.0 Å². The van der Waals surface area contributed by atoms with Crippen molar-refractivity contribution in [1.29, 1.82) is 0 Å². The van der Waals surface area contributed by atoms with E-state index in [-0.39, 0.29) is 17.2 Å². The molecule has 2 aromatic rings. The second kappa shape index (κ2) is 9.05. The summed E-state index contributed by atoms with van der Waals surface area (Å²) < 4.78 is 0.667. The second-order valence-corrected chi connectivity index (χ2v) is 10.2. The van der Waals surface area contributed by atoms with Crippen LogP contribution in [0.15, 0.2) is 28.6 Å². The van der Waals surface area contributed by atoms with Gasteiger partial charge in [0.2, 0.25) is 11.0 Å². The SMILES string of the molecule is CC(C)(C)c1ccc(C(=O)Nc2nnc(SCC(=O)NC3CCCC3)s2)cc1. The van der Waals surface area contributed by atoms with Gasteiger partial charge in [-0.25, -0.2) is 0 Å². The molecular weight excluding hydrogens is 392 g/mol. The number of rotatable bonds is 6. The molecular formula is C20H26N4O2S2. The number of benzene rings is 1. The van der Waals surface area contributed by atoms with E-state index >= 15 is 0 Å². The molecule has 150 valence electrons. The Hall–Kier alpha value is -1.93. The molecule has 1 aromatic heterocycles. The summed E-state index contributed by atoms with van der Waals surface area (Å²) in [6, 6.07) is 7.90. The Balaban J connectivity index is 1.49. The van der Waals surface area contributed by atoms with Crippen LogP contribution in [0.25, 0.3) is 0 Å². The van der Waals surface area contributed by atoms with Crippen LogP contribution < -0.4 is 10.6 Å². The molecule has 1 saturated carbocycles. The number of aromatic nitrogens is 2. The lowest BCUT2D eigenvalue weighted by molar-refractivity contribution is -0.119. The average molecular weight is 419 g/mol. The maximum Gasteiger partial charge on any atom is 0.257 e. The fourth-order valence-corrected chi connectivity index (χ4v) is 4.63. The van der Waals surface area contributed by atoms with Gasteiger partial charge in [0.05, 0.1) is 5.75 Å². The first-order valence-electron chi connectivity index (χ1n) is 9.49. The van der Waals surface area contributed by atoms with Crippen molar-refractivity contribution in [3.63, 3.8) is 0 Å². The zero-order valence-electron chi connectivity index (χ0n) is 16.4. The van der Waals surface area contributed by atoms with Gasteiger partial charge in [0.15, 0.2) is 4.34 Å². The van der Waals surface area contributed by atoms with Gasteiger partial charge >= 0.3 is 0 Å². The van der Waals surface area contributed by atoms with Crippen LogP contribution in [0, 0.1) is 0 Å². The van der Waals surface area contributed by atoms with E-state index in [2.05, 4.69) is 41.6 Å². The van der Waals surface area contributed by atoms with E-state index in [9.17, 15) is 9.59 Å². The molecule has 0 aliphatic heterocycles. The van der Waals surface area contributed by atoms with Crippen LogP contribution >= 0.6 is 23.1 Å². The molecule has 0 unspecified atom stereocenters. The van der Waals surface area contributed by atoms with Gasteiger partial charge < -0.3 is 5.32 Å². The van der Waals surface area contributed by atoms with E-state index in [0.717, 1.165) is 12.8 Å². The maximum absolute atomic E-state index is 12.4. The number of nitrogens with one attached hydrogen (secondary N) is 2. The molecule has 2 amide bonds. The van der Waals surface area contributed by atoms with Crippen LogP contribution in [0.2, 0.25) is 0 Å². The highest BCUT2D eigenvalue weighted by Gasteiger charge is 2.18. The summed E-state index contributed by atoms with van der Waals surface area (Å²) in [5.74, 6) is 0.122. The van der Waals surface area contributed by atoms with Crippen molar-refractivity contribution in [3.05, 3.63) is 35.4 Å². The highest BCUT2D eigenvalue weighted by atomic mass is 32.2. The van der Waals surface area contributed by atoms with Crippen LogP contribution in [-0.4, -0.2) is 33.8 Å². The molecule has 0 bridgehead atoms. The minimum Gasteiger partial charge on any atom is -0.353 e. The monoisotopic (exact) mass is 418 g/mol. The van der Waals surface area contributed by atoms with E-state index in [1.165, 1.54) is 41.5 Å². The molecule has 6 nitrogen and oxygen atoms in total. The standard InChI is InChI=1S/C20H26N4O2S2/c1-20(2,3)14-10-8-13(9-11-14)17(26)22-18-23-24-19(28-18)27-12-16(25)21-15-6-4-5-7-15/h8-11,15H,4-7,12H2,1-3H3,(H,21,25)(H,22,23,26). The van der Waals surface area contributed by atoms with Crippen LogP contribution in [-0.2, 0) is 10.2 Å². The molecule has 0 spiro atoms. The number of carbonyl (C=O) groups is 2. The van der Waals surface area contributed by atoms with Crippen molar-refractivity contribution in [2.24, 2.45) is 0 Å². The fourth-order valence-electron chi connectivity index (χ4n) is 3.08. The molecule has 0 radical (unpaired) electrons. The van der Waals surface area contributed by atoms with Crippen molar-refractivity contribution in [1.82, 2.24) is 15.5 Å². The number of thioether (sulfide) groups is 1. The Kier molecular flexibility index (Phi) is 6.72. The number of nitrogens with zero attached hydrogens (tertiary/aromatic N) is 2. The zero-order chi connectivity index (χ0) is 20.1. The number of amides is 2. The number of hydrogen-bond acceptors (Lipinski definition) is 6. The first-order valence-corrected chi connectivity index (χ1v) is 11.3. The molecule has 1 fully saturated rings. The van der Waals surface area contributed by atoms with Crippen molar-refractivity contribution in [2.45, 2.75) is 62.3 Å². The second-order valence-electron chi connectivity index (χ2n) is 7.99. The fraction of sp³-hybridized carbons (Fsp3) is 0.500. The largest absolute Gasteiger partial charge is 0.353 e. The number of carbonyl (C=O) groups excluding carboxylic acids is 2. The molecule has 1 aliphatic rings. The van der Waals surface area contributed by atoms with Gasteiger partial charge in [0, 0.05) is 11.6 Å². The lowest BCUT2D eigenvalue weighted by Crippen LogP contribution is -2.33. The minimum atomic E-state index is -0.216. The van der Waals surface area contributed by atoms with Crippen LogP contribution in [0.3, 0.4) is 0 Å². The van der Waals surface area contributed by atoms with E-state index in [4.69, 9.17) is 0 Å². The maximum atomic E-state index is 12.4. The van der Waals surface area contributed by atoms with Gasteiger partial charge in [-0.15, -0.1) is 10.2 Å². The number of anilines is 1. The molecule has 2 N–H and O–H groups in total. The third-order valence-corrected chi connectivity index (χ3v) is 6.66. The lowest BCUT2D eigenvalue weighted by atomic mass is 9.87. The summed E-state index contributed by atoms with van der Waals surface area (Å²) in [5.41, 5.74) is 1.80. The van der Waals surface area contributed by atoms with E-state index in [1.54, 1.807) is 0 Å². The highest BCUT2D eigenvalue weighted by Crippen LogP contribution is 2.27. The summed E-state index contributed by atoms with van der Waals surface area (Å²) in [5, 5.41) is 14.3. The van der Waals surface area contributed by atoms with Gasteiger partial charge in [-0.1, -0.05) is 68.8 Å². The van der Waals surface area contributed by atoms with E-state index < -0.39 is 0 Å². The van der Waals surface area contributed by atoms with Gasteiger partial charge in [-0.3, -0.25) is 14.9 Å². The summed E-state index contributed by atoms with van der Waals surface area (Å²) in [7, 11) is 0. The summed E-state index contributed by atoms with van der Waals surface area (Å²) in [6.07, 6.45) is 4.53. The topological polar surface area (TPSA) is 84.0 Å². The van der Waals surface area contributed by atoms with E-state index in [0.29, 0.717) is 26.8 Å². The normalized spacial score (nSPS) is 14.8. The number of hydrogen-bond donors (Lipinski definition) is 2. The predicted octanol–water partition coefficient (Wildman–Crippen LogP) is 4.24. The Morgan fingerprint density at radius 1 is 1.14 bits per heavy atom. The van der Waals surface area contributed by atoms with Crippen molar-refractivity contribution < 1.29 is 9.59 Å². The first-order chi connectivity index (χ1) is 13.3. The van der Waals surface area contributed by atoms with Crippen LogP contribution in [0.1, 0.15) is 62.4 Å². The first kappa shape index (κ1) is 20.8. The quantitative estimate of drug-likeness (QED) is 0.541. The molecule has 3 rings (SSSR count). The predicted molar refractivity (Wildman–Crippen MR) is 114 cm³/mol. The minimum absolute atomic E-state index is 0.0247. The summed E-state index contributed by atoms with van der Waals surface area (Å²) in [4.78, 5) is 24.4. The van der Waals surface area contributed by atoms with Crippen LogP contribution in [0.4, 0.5) is 5.13 Å². The van der Waals surface area contributed by atoms with Gasteiger partial charge in [0.25, 0.3) is 5.91 Å². The Morgan fingerprint density at radius 3 is 2.46 bits per heavy atom. The third-order valence-electron chi connectivity index (χ3n) is 4.69. The third kappa shape index (κ3) is 5.78. The van der Waals surface area contributed by atoms with Crippen LogP contribution in [0.5, 0.6) is 0 Å². The average Bonchev–Trinajstić information content (AvgIpc) is 3.31.